The van der Waals surface area contributed by atoms with Crippen LogP contribution in [0.4, 0.5) is 0 Å². The quantitative estimate of drug-likeness (QED) is 0.0247. The molecule has 0 aliphatic carbocycles. The summed E-state index contributed by atoms with van der Waals surface area (Å²) in [5.41, 5.74) is 0. The monoisotopic (exact) mass is 798 g/mol. The number of amides is 1. The molecule has 0 rings (SSSR count). The standard InChI is InChI=1S/C51H91NO5/c1-3-5-7-9-11-13-14-15-16-19-22-25-29-33-37-41-45-51(56)57-46-42-38-34-30-26-23-20-17-18-21-24-28-32-36-40-44-50(55)52-48(47-53)49(54)43-39-35-31-27-12-10-8-6-4-2/h13-14,16-17,19-20,23,26,39,43,48-49,53-54H,3-12,15,18,21-22,24-25,27-38,40-42,44-47H2,1-2H3,(H,52,55)/b14-13-,19-16-,20-17-,26-23-,43-39+. The number of unbranched alkanes of at least 4 members (excludes halogenated alkanes) is 25. The van der Waals surface area contributed by atoms with Gasteiger partial charge in [-0.25, -0.2) is 0 Å². The molecule has 0 saturated heterocycles. The largest absolute Gasteiger partial charge is 0.466 e. The molecule has 6 nitrogen and oxygen atoms in total. The van der Waals surface area contributed by atoms with Gasteiger partial charge in [0.2, 0.25) is 5.91 Å². The third-order valence-electron chi connectivity index (χ3n) is 10.5. The maximum atomic E-state index is 12.3. The lowest BCUT2D eigenvalue weighted by molar-refractivity contribution is -0.143. The average Bonchev–Trinajstić information content (AvgIpc) is 3.21. The number of aliphatic hydroxyl groups is 2. The van der Waals surface area contributed by atoms with E-state index in [1.54, 1.807) is 6.08 Å². The van der Waals surface area contributed by atoms with Crippen molar-refractivity contribution in [2.75, 3.05) is 13.2 Å². The second-order valence-electron chi connectivity index (χ2n) is 16.1. The van der Waals surface area contributed by atoms with Crippen LogP contribution in [-0.4, -0.2) is 47.4 Å². The lowest BCUT2D eigenvalue weighted by Crippen LogP contribution is -2.45. The molecule has 2 atom stereocenters. The minimum absolute atomic E-state index is 0.0381. The highest BCUT2D eigenvalue weighted by Crippen LogP contribution is 2.12. The Labute approximate surface area is 352 Å². The molecule has 0 aliphatic rings. The summed E-state index contributed by atoms with van der Waals surface area (Å²) in [6.45, 7) is 4.77. The van der Waals surface area contributed by atoms with Crippen LogP contribution < -0.4 is 5.32 Å². The summed E-state index contributed by atoms with van der Waals surface area (Å²) in [6, 6.07) is -0.644. The van der Waals surface area contributed by atoms with Crippen molar-refractivity contribution in [1.29, 1.82) is 0 Å². The van der Waals surface area contributed by atoms with E-state index in [-0.39, 0.29) is 18.5 Å². The first-order valence-corrected chi connectivity index (χ1v) is 24.1. The molecule has 0 radical (unpaired) electrons. The number of carbonyl (C=O) groups excluding carboxylic acids is 2. The summed E-state index contributed by atoms with van der Waals surface area (Å²) < 4.78 is 5.43. The molecule has 0 aromatic heterocycles. The zero-order chi connectivity index (χ0) is 41.5. The second-order valence-corrected chi connectivity index (χ2v) is 16.1. The predicted molar refractivity (Wildman–Crippen MR) is 245 cm³/mol. The van der Waals surface area contributed by atoms with Gasteiger partial charge in [0.15, 0.2) is 0 Å². The van der Waals surface area contributed by atoms with Gasteiger partial charge in [-0.1, -0.05) is 177 Å². The normalized spacial score (nSPS) is 13.3. The average molecular weight is 798 g/mol. The molecular formula is C51H91NO5. The van der Waals surface area contributed by atoms with E-state index in [1.165, 1.54) is 109 Å². The molecule has 0 spiro atoms. The van der Waals surface area contributed by atoms with Gasteiger partial charge in [0, 0.05) is 12.8 Å². The fraction of sp³-hybridized carbons (Fsp3) is 0.765. The van der Waals surface area contributed by atoms with Gasteiger partial charge in [-0.15, -0.1) is 0 Å². The maximum Gasteiger partial charge on any atom is 0.305 e. The Morgan fingerprint density at radius 2 is 0.930 bits per heavy atom. The first kappa shape index (κ1) is 54.6. The number of esters is 1. The lowest BCUT2D eigenvalue weighted by atomic mass is 10.1. The maximum absolute atomic E-state index is 12.3. The van der Waals surface area contributed by atoms with Crippen molar-refractivity contribution >= 4 is 11.9 Å². The molecule has 0 bridgehead atoms. The SMILES string of the molecule is CCCCCC/C=C\C/C=C\CCCCCCCC(=O)OCCCCC/C=C\C=C/CCCCCCCCC(=O)NC(CO)C(O)/C=C/CCCCCCCCC. The highest BCUT2D eigenvalue weighted by molar-refractivity contribution is 5.76. The van der Waals surface area contributed by atoms with Crippen LogP contribution in [0.1, 0.15) is 226 Å². The summed E-state index contributed by atoms with van der Waals surface area (Å²) in [5.74, 6) is -0.135. The Bertz CT molecular complexity index is 1020. The molecule has 1 amide bonds. The first-order chi connectivity index (χ1) is 28.0. The summed E-state index contributed by atoms with van der Waals surface area (Å²) in [6.07, 6.45) is 57.9. The predicted octanol–water partition coefficient (Wildman–Crippen LogP) is 14.1. The fourth-order valence-electron chi connectivity index (χ4n) is 6.77. The molecular weight excluding hydrogens is 707 g/mol. The number of carbonyl (C=O) groups is 2. The molecule has 330 valence electrons. The van der Waals surface area contributed by atoms with Crippen molar-refractivity contribution < 1.29 is 24.5 Å². The summed E-state index contributed by atoms with van der Waals surface area (Å²) in [7, 11) is 0. The number of nitrogens with one attached hydrogen (secondary N) is 1. The van der Waals surface area contributed by atoms with E-state index in [2.05, 4.69) is 67.8 Å². The van der Waals surface area contributed by atoms with Gasteiger partial charge in [-0.3, -0.25) is 9.59 Å². The van der Waals surface area contributed by atoms with Crippen LogP contribution in [0.5, 0.6) is 0 Å². The van der Waals surface area contributed by atoms with Crippen molar-refractivity contribution in [2.24, 2.45) is 0 Å². The third-order valence-corrected chi connectivity index (χ3v) is 10.5. The molecule has 6 heteroatoms. The van der Waals surface area contributed by atoms with Gasteiger partial charge in [0.05, 0.1) is 25.4 Å². The molecule has 0 aliphatic heterocycles. The Morgan fingerprint density at radius 1 is 0.509 bits per heavy atom. The Morgan fingerprint density at radius 3 is 1.46 bits per heavy atom. The zero-order valence-electron chi connectivity index (χ0n) is 37.3. The number of ether oxygens (including phenoxy) is 1. The van der Waals surface area contributed by atoms with E-state index < -0.39 is 12.1 Å². The minimum Gasteiger partial charge on any atom is -0.466 e. The fourth-order valence-corrected chi connectivity index (χ4v) is 6.77. The van der Waals surface area contributed by atoms with Crippen LogP contribution in [0.2, 0.25) is 0 Å². The van der Waals surface area contributed by atoms with Crippen molar-refractivity contribution in [1.82, 2.24) is 5.32 Å². The van der Waals surface area contributed by atoms with Gasteiger partial charge in [-0.2, -0.15) is 0 Å². The molecule has 0 saturated carbocycles. The van der Waals surface area contributed by atoms with E-state index in [1.807, 2.05) is 6.08 Å². The Kier molecular flexibility index (Phi) is 44.3. The number of aliphatic hydroxyl groups excluding tert-OH is 2. The van der Waals surface area contributed by atoms with E-state index in [9.17, 15) is 19.8 Å². The highest BCUT2D eigenvalue weighted by Gasteiger charge is 2.18. The van der Waals surface area contributed by atoms with Gasteiger partial charge in [-0.05, 0) is 96.3 Å². The third kappa shape index (κ3) is 43.0. The lowest BCUT2D eigenvalue weighted by Gasteiger charge is -2.20. The van der Waals surface area contributed by atoms with E-state index in [0.717, 1.165) is 89.9 Å². The minimum atomic E-state index is -0.858. The van der Waals surface area contributed by atoms with Crippen LogP contribution in [0, 0.1) is 0 Å². The highest BCUT2D eigenvalue weighted by atomic mass is 16.5. The van der Waals surface area contributed by atoms with Crippen LogP contribution in [0.3, 0.4) is 0 Å². The van der Waals surface area contributed by atoms with Gasteiger partial charge < -0.3 is 20.3 Å². The summed E-state index contributed by atoms with van der Waals surface area (Å²) in [4.78, 5) is 24.3. The summed E-state index contributed by atoms with van der Waals surface area (Å²) in [5, 5.41) is 22.8. The zero-order valence-corrected chi connectivity index (χ0v) is 37.3. The van der Waals surface area contributed by atoms with E-state index >= 15 is 0 Å². The second kappa shape index (κ2) is 46.3. The number of allylic oxidation sites excluding steroid dienone is 9. The van der Waals surface area contributed by atoms with E-state index in [4.69, 9.17) is 4.74 Å². The molecule has 0 heterocycles. The Hall–Kier alpha value is -2.44. The Balaban J connectivity index is 3.56. The molecule has 2 unspecified atom stereocenters. The molecule has 57 heavy (non-hydrogen) atoms. The molecule has 0 aromatic carbocycles. The van der Waals surface area contributed by atoms with Crippen molar-refractivity contribution in [3.05, 3.63) is 60.8 Å². The smallest absolute Gasteiger partial charge is 0.305 e. The van der Waals surface area contributed by atoms with Gasteiger partial charge in [0.25, 0.3) is 0 Å². The molecule has 0 fully saturated rings. The van der Waals surface area contributed by atoms with Crippen LogP contribution in [0.25, 0.3) is 0 Å². The number of hydrogen-bond acceptors (Lipinski definition) is 5. The van der Waals surface area contributed by atoms with Crippen LogP contribution in [0.15, 0.2) is 60.8 Å². The summed E-state index contributed by atoms with van der Waals surface area (Å²) >= 11 is 0. The van der Waals surface area contributed by atoms with Gasteiger partial charge in [0.1, 0.15) is 0 Å². The van der Waals surface area contributed by atoms with Crippen LogP contribution >= 0.6 is 0 Å². The molecule has 3 N–H and O–H groups in total. The number of rotatable bonds is 43. The van der Waals surface area contributed by atoms with Crippen molar-refractivity contribution in [3.8, 4) is 0 Å². The van der Waals surface area contributed by atoms with Gasteiger partial charge >= 0.3 is 5.97 Å². The van der Waals surface area contributed by atoms with Crippen molar-refractivity contribution in [3.63, 3.8) is 0 Å². The topological polar surface area (TPSA) is 95.9 Å². The van der Waals surface area contributed by atoms with Crippen LogP contribution in [-0.2, 0) is 14.3 Å². The first-order valence-electron chi connectivity index (χ1n) is 24.1. The van der Waals surface area contributed by atoms with Crippen molar-refractivity contribution in [2.45, 2.75) is 238 Å². The molecule has 0 aromatic rings. The number of hydrogen-bond donors (Lipinski definition) is 3. The van der Waals surface area contributed by atoms with E-state index in [0.29, 0.717) is 19.4 Å².